The molecule has 0 atom stereocenters. The fourth-order valence-electron chi connectivity index (χ4n) is 3.87. The van der Waals surface area contributed by atoms with Gasteiger partial charge in [-0.25, -0.2) is 18.0 Å². The normalized spacial score (nSPS) is 13.9. The van der Waals surface area contributed by atoms with E-state index in [1.54, 1.807) is 23.1 Å². The predicted octanol–water partition coefficient (Wildman–Crippen LogP) is 6.15. The summed E-state index contributed by atoms with van der Waals surface area (Å²) in [7, 11) is 0. The average Bonchev–Trinajstić information content (AvgIpc) is 2.78. The summed E-state index contributed by atoms with van der Waals surface area (Å²) in [6, 6.07) is 11.5. The van der Waals surface area contributed by atoms with Crippen LogP contribution in [0, 0.1) is 24.4 Å². The zero-order valence-corrected chi connectivity index (χ0v) is 19.0. The van der Waals surface area contributed by atoms with Gasteiger partial charge >= 0.3 is 6.03 Å². The Labute approximate surface area is 199 Å². The smallest absolute Gasteiger partial charge is 0.320 e. The number of hydrogen-bond acceptors (Lipinski definition) is 2. The maximum Gasteiger partial charge on any atom is 0.324 e. The fraction of sp³-hybridized carbons (Fsp3) is 0.200. The van der Waals surface area contributed by atoms with Crippen LogP contribution in [0.3, 0.4) is 0 Å². The minimum absolute atomic E-state index is 0.125. The maximum atomic E-state index is 14.1. The lowest BCUT2D eigenvalue weighted by molar-refractivity contribution is 0.102. The topological polar surface area (TPSA) is 52.6 Å². The monoisotopic (exact) mass is 487 g/mol. The number of carbonyl (C=O) groups is 2. The lowest BCUT2D eigenvalue weighted by Gasteiger charge is -2.36. The van der Waals surface area contributed by atoms with Crippen LogP contribution in [0.5, 0.6) is 0 Å². The standard InChI is InChI=1S/C25H21ClF3N3O2/c1-15-3-8-23(22(11-15)30-24(33)19-6-4-18(28)13-21(19)29)32-10-2-9-31(25(32)34)14-16-12-17(27)5-7-20(16)26/h3-8,11-13H,2,9-10,14H2,1H3,(H,30,33). The second-order valence-corrected chi connectivity index (χ2v) is 8.45. The number of carbonyl (C=O) groups excluding carboxylic acids is 2. The highest BCUT2D eigenvalue weighted by Gasteiger charge is 2.29. The molecular formula is C25H21ClF3N3O2. The number of amides is 3. The third-order valence-electron chi connectivity index (χ3n) is 5.55. The van der Waals surface area contributed by atoms with Gasteiger partial charge < -0.3 is 10.2 Å². The Morgan fingerprint density at radius 2 is 1.74 bits per heavy atom. The molecule has 1 fully saturated rings. The third kappa shape index (κ3) is 5.02. The van der Waals surface area contributed by atoms with Gasteiger partial charge in [0, 0.05) is 30.7 Å². The van der Waals surface area contributed by atoms with Crippen LogP contribution in [-0.4, -0.2) is 29.9 Å². The van der Waals surface area contributed by atoms with E-state index < -0.39 is 23.4 Å². The molecule has 3 aromatic carbocycles. The number of benzene rings is 3. The van der Waals surface area contributed by atoms with Gasteiger partial charge in [0.25, 0.3) is 5.91 Å². The highest BCUT2D eigenvalue weighted by atomic mass is 35.5. The van der Waals surface area contributed by atoms with Crippen molar-refractivity contribution in [3.8, 4) is 0 Å². The van der Waals surface area contributed by atoms with Crippen molar-refractivity contribution in [2.45, 2.75) is 19.9 Å². The average molecular weight is 488 g/mol. The van der Waals surface area contributed by atoms with E-state index in [-0.39, 0.29) is 18.1 Å². The first kappa shape index (κ1) is 23.6. The molecule has 0 bridgehead atoms. The maximum absolute atomic E-state index is 14.1. The minimum atomic E-state index is -0.987. The summed E-state index contributed by atoms with van der Waals surface area (Å²) in [5.41, 5.74) is 1.72. The first-order chi connectivity index (χ1) is 16.2. The Hall–Kier alpha value is -3.52. The van der Waals surface area contributed by atoms with E-state index >= 15 is 0 Å². The predicted molar refractivity (Wildman–Crippen MR) is 125 cm³/mol. The van der Waals surface area contributed by atoms with Crippen molar-refractivity contribution in [2.75, 3.05) is 23.3 Å². The molecule has 0 saturated carbocycles. The Morgan fingerprint density at radius 3 is 2.50 bits per heavy atom. The number of hydrogen-bond donors (Lipinski definition) is 1. The zero-order chi connectivity index (χ0) is 24.4. The van der Waals surface area contributed by atoms with Gasteiger partial charge in [0.05, 0.1) is 16.9 Å². The molecule has 0 unspecified atom stereocenters. The summed E-state index contributed by atoms with van der Waals surface area (Å²) in [5, 5.41) is 3.00. The number of halogens is 4. The molecule has 1 aliphatic rings. The molecule has 0 radical (unpaired) electrons. The molecule has 3 aromatic rings. The van der Waals surface area contributed by atoms with E-state index in [0.717, 1.165) is 17.7 Å². The van der Waals surface area contributed by atoms with Gasteiger partial charge in [-0.05, 0) is 66.9 Å². The summed E-state index contributed by atoms with van der Waals surface area (Å²) in [5.74, 6) is -2.99. The Kier molecular flexibility index (Phi) is 6.79. The van der Waals surface area contributed by atoms with Crippen LogP contribution in [0.2, 0.25) is 5.02 Å². The van der Waals surface area contributed by atoms with Crippen molar-refractivity contribution in [1.82, 2.24) is 4.90 Å². The quantitative estimate of drug-likeness (QED) is 0.469. The molecule has 1 aliphatic heterocycles. The zero-order valence-electron chi connectivity index (χ0n) is 18.2. The lowest BCUT2D eigenvalue weighted by atomic mass is 10.1. The third-order valence-corrected chi connectivity index (χ3v) is 5.92. The van der Waals surface area contributed by atoms with E-state index in [1.165, 1.54) is 23.1 Å². The number of anilines is 2. The molecule has 176 valence electrons. The van der Waals surface area contributed by atoms with E-state index in [2.05, 4.69) is 5.32 Å². The number of rotatable bonds is 5. The van der Waals surface area contributed by atoms with E-state index in [9.17, 15) is 22.8 Å². The van der Waals surface area contributed by atoms with Crippen molar-refractivity contribution in [3.05, 3.63) is 93.8 Å². The molecule has 1 N–H and O–H groups in total. The first-order valence-electron chi connectivity index (χ1n) is 10.6. The van der Waals surface area contributed by atoms with Crippen molar-refractivity contribution in [2.24, 2.45) is 0 Å². The van der Waals surface area contributed by atoms with Crippen LogP contribution in [0.15, 0.2) is 54.6 Å². The van der Waals surface area contributed by atoms with Gasteiger partial charge in [0.1, 0.15) is 17.5 Å². The summed E-state index contributed by atoms with van der Waals surface area (Å²) < 4.78 is 41.0. The summed E-state index contributed by atoms with van der Waals surface area (Å²) in [6.45, 7) is 2.79. The van der Waals surface area contributed by atoms with Crippen LogP contribution < -0.4 is 10.2 Å². The molecule has 0 aliphatic carbocycles. The second-order valence-electron chi connectivity index (χ2n) is 8.04. The van der Waals surface area contributed by atoms with Crippen molar-refractivity contribution < 1.29 is 22.8 Å². The summed E-state index contributed by atoms with van der Waals surface area (Å²) in [6.07, 6.45) is 0.631. The minimum Gasteiger partial charge on any atom is -0.320 e. The van der Waals surface area contributed by atoms with Crippen LogP contribution in [-0.2, 0) is 6.54 Å². The molecule has 0 spiro atoms. The van der Waals surface area contributed by atoms with Crippen LogP contribution >= 0.6 is 11.6 Å². The van der Waals surface area contributed by atoms with Crippen LogP contribution in [0.1, 0.15) is 27.9 Å². The van der Waals surface area contributed by atoms with E-state index in [1.807, 2.05) is 6.92 Å². The molecule has 1 heterocycles. The van der Waals surface area contributed by atoms with Gasteiger partial charge in [-0.15, -0.1) is 0 Å². The Balaban J connectivity index is 1.60. The van der Waals surface area contributed by atoms with Crippen molar-refractivity contribution >= 4 is 34.9 Å². The Morgan fingerprint density at radius 1 is 1.00 bits per heavy atom. The van der Waals surface area contributed by atoms with Gasteiger partial charge in [-0.3, -0.25) is 9.69 Å². The summed E-state index contributed by atoms with van der Waals surface area (Å²) in [4.78, 5) is 29.1. The molecule has 0 aromatic heterocycles. The van der Waals surface area contributed by atoms with Gasteiger partial charge in [0.15, 0.2) is 0 Å². The molecule has 9 heteroatoms. The van der Waals surface area contributed by atoms with Gasteiger partial charge in [-0.1, -0.05) is 17.7 Å². The van der Waals surface area contributed by atoms with Crippen LogP contribution in [0.4, 0.5) is 29.3 Å². The molecule has 5 nitrogen and oxygen atoms in total. The van der Waals surface area contributed by atoms with Crippen molar-refractivity contribution in [3.63, 3.8) is 0 Å². The first-order valence-corrected chi connectivity index (χ1v) is 11.0. The number of aryl methyl sites for hydroxylation is 1. The van der Waals surface area contributed by atoms with E-state index in [4.69, 9.17) is 11.6 Å². The largest absolute Gasteiger partial charge is 0.324 e. The lowest BCUT2D eigenvalue weighted by Crippen LogP contribution is -2.49. The molecular weight excluding hydrogens is 467 g/mol. The molecule has 1 saturated heterocycles. The fourth-order valence-corrected chi connectivity index (χ4v) is 4.05. The van der Waals surface area contributed by atoms with E-state index in [0.29, 0.717) is 47.5 Å². The molecule has 34 heavy (non-hydrogen) atoms. The highest BCUT2D eigenvalue weighted by molar-refractivity contribution is 6.31. The number of nitrogens with zero attached hydrogens (tertiary/aromatic N) is 2. The SMILES string of the molecule is Cc1ccc(N2CCCN(Cc3cc(F)ccc3Cl)C2=O)c(NC(=O)c2ccc(F)cc2F)c1. The van der Waals surface area contributed by atoms with Crippen molar-refractivity contribution in [1.29, 1.82) is 0 Å². The Bertz CT molecular complexity index is 1270. The number of urea groups is 1. The molecule has 4 rings (SSSR count). The van der Waals surface area contributed by atoms with Crippen LogP contribution in [0.25, 0.3) is 0 Å². The number of nitrogens with one attached hydrogen (secondary N) is 1. The molecule has 3 amide bonds. The summed E-state index contributed by atoms with van der Waals surface area (Å²) >= 11 is 6.18. The van der Waals surface area contributed by atoms with Gasteiger partial charge in [0.2, 0.25) is 0 Å². The second kappa shape index (κ2) is 9.77. The van der Waals surface area contributed by atoms with Gasteiger partial charge in [-0.2, -0.15) is 0 Å². The highest BCUT2D eigenvalue weighted by Crippen LogP contribution is 2.31.